The molecule has 0 bridgehead atoms. The van der Waals surface area contributed by atoms with E-state index in [-0.39, 0.29) is 24.0 Å². The zero-order chi connectivity index (χ0) is 15.1. The smallest absolute Gasteiger partial charge is 0.191 e. The Morgan fingerprint density at radius 2 is 2.09 bits per heavy atom. The maximum absolute atomic E-state index is 4.28. The normalized spacial score (nSPS) is 12.8. The van der Waals surface area contributed by atoms with Crippen LogP contribution in [0.4, 0.5) is 0 Å². The molecule has 2 rings (SSSR count). The third-order valence-corrected chi connectivity index (χ3v) is 4.93. The maximum atomic E-state index is 4.28. The van der Waals surface area contributed by atoms with Crippen molar-refractivity contribution in [1.82, 2.24) is 15.5 Å². The summed E-state index contributed by atoms with van der Waals surface area (Å²) in [5, 5.41) is 13.1. The molecule has 0 aromatic carbocycles. The summed E-state index contributed by atoms with van der Waals surface area (Å²) in [7, 11) is 6.01. The van der Waals surface area contributed by atoms with E-state index in [2.05, 4.69) is 69.0 Å². The van der Waals surface area contributed by atoms with E-state index in [0.717, 1.165) is 19.0 Å². The van der Waals surface area contributed by atoms with Crippen molar-refractivity contribution >= 4 is 52.6 Å². The van der Waals surface area contributed by atoms with Gasteiger partial charge in [-0.1, -0.05) is 6.07 Å². The van der Waals surface area contributed by atoms with Gasteiger partial charge in [0, 0.05) is 25.0 Å². The molecule has 2 aromatic heterocycles. The first-order valence-electron chi connectivity index (χ1n) is 6.86. The average Bonchev–Trinajstić information content (AvgIpc) is 3.15. The zero-order valence-corrected chi connectivity index (χ0v) is 17.0. The van der Waals surface area contributed by atoms with Crippen molar-refractivity contribution in [1.29, 1.82) is 0 Å². The van der Waals surface area contributed by atoms with Gasteiger partial charge in [0.15, 0.2) is 5.96 Å². The van der Waals surface area contributed by atoms with Gasteiger partial charge >= 0.3 is 0 Å². The number of nitrogens with zero attached hydrogens (tertiary/aromatic N) is 2. The minimum absolute atomic E-state index is 0. The van der Waals surface area contributed by atoms with Crippen molar-refractivity contribution in [3.8, 4) is 0 Å². The van der Waals surface area contributed by atoms with Gasteiger partial charge in [0.1, 0.15) is 0 Å². The molecule has 0 saturated heterocycles. The van der Waals surface area contributed by atoms with Crippen LogP contribution in [0, 0.1) is 0 Å². The lowest BCUT2D eigenvalue weighted by molar-refractivity contribution is 0.302. The summed E-state index contributed by atoms with van der Waals surface area (Å²) in [6.07, 6.45) is 0. The SMILES string of the molecule is CN=C(NCc1ccsc1)NCC(c1cccs1)N(C)C.I. The van der Waals surface area contributed by atoms with E-state index in [9.17, 15) is 0 Å². The fourth-order valence-electron chi connectivity index (χ4n) is 2.01. The van der Waals surface area contributed by atoms with Gasteiger partial charge in [-0.25, -0.2) is 0 Å². The van der Waals surface area contributed by atoms with Crippen molar-refractivity contribution in [2.24, 2.45) is 4.99 Å². The van der Waals surface area contributed by atoms with Crippen molar-refractivity contribution in [2.45, 2.75) is 12.6 Å². The molecule has 2 heterocycles. The van der Waals surface area contributed by atoms with E-state index in [0.29, 0.717) is 6.04 Å². The standard InChI is InChI=1S/C15H22N4S2.HI/c1-16-15(17-9-12-6-8-20-11-12)18-10-13(19(2)3)14-5-4-7-21-14;/h4-8,11,13H,9-10H2,1-3H3,(H2,16,17,18);1H. The molecule has 1 unspecified atom stereocenters. The molecule has 1 atom stereocenters. The Bertz CT molecular complexity index is 538. The quantitative estimate of drug-likeness (QED) is 0.403. The van der Waals surface area contributed by atoms with Crippen LogP contribution in [0.2, 0.25) is 0 Å². The average molecular weight is 450 g/mol. The van der Waals surface area contributed by atoms with E-state index in [1.807, 2.05) is 0 Å². The predicted molar refractivity (Wildman–Crippen MR) is 109 cm³/mol. The summed E-state index contributed by atoms with van der Waals surface area (Å²) in [5.74, 6) is 0.838. The molecular weight excluding hydrogens is 427 g/mol. The van der Waals surface area contributed by atoms with Crippen LogP contribution < -0.4 is 10.6 Å². The van der Waals surface area contributed by atoms with Gasteiger partial charge in [0.2, 0.25) is 0 Å². The van der Waals surface area contributed by atoms with Crippen LogP contribution in [0.5, 0.6) is 0 Å². The van der Waals surface area contributed by atoms with E-state index in [1.165, 1.54) is 10.4 Å². The summed E-state index contributed by atoms with van der Waals surface area (Å²) in [5.41, 5.74) is 1.28. The lowest BCUT2D eigenvalue weighted by Crippen LogP contribution is -2.41. The van der Waals surface area contributed by atoms with Crippen molar-refractivity contribution < 1.29 is 0 Å². The number of likely N-dealkylation sites (N-methyl/N-ethyl adjacent to an activating group) is 1. The van der Waals surface area contributed by atoms with Crippen LogP contribution in [0.1, 0.15) is 16.5 Å². The number of halogens is 1. The van der Waals surface area contributed by atoms with Crippen LogP contribution in [0.25, 0.3) is 0 Å². The highest BCUT2D eigenvalue weighted by atomic mass is 127. The topological polar surface area (TPSA) is 39.7 Å². The molecule has 0 fully saturated rings. The van der Waals surface area contributed by atoms with E-state index in [4.69, 9.17) is 0 Å². The Kier molecular flexibility index (Phi) is 8.99. The molecule has 0 radical (unpaired) electrons. The molecule has 0 aliphatic heterocycles. The Hall–Kier alpha value is -0.640. The third-order valence-electron chi connectivity index (χ3n) is 3.22. The zero-order valence-electron chi connectivity index (χ0n) is 13.1. The van der Waals surface area contributed by atoms with Crippen LogP contribution in [0.3, 0.4) is 0 Å². The van der Waals surface area contributed by atoms with Crippen molar-refractivity contribution in [2.75, 3.05) is 27.7 Å². The Morgan fingerprint density at radius 1 is 1.27 bits per heavy atom. The number of nitrogens with one attached hydrogen (secondary N) is 2. The monoisotopic (exact) mass is 450 g/mol. The minimum atomic E-state index is 0. The highest BCUT2D eigenvalue weighted by Crippen LogP contribution is 2.22. The van der Waals surface area contributed by atoms with E-state index in [1.54, 1.807) is 29.7 Å². The summed E-state index contributed by atoms with van der Waals surface area (Å²) >= 11 is 3.50. The molecule has 0 spiro atoms. The third kappa shape index (κ3) is 5.86. The summed E-state index contributed by atoms with van der Waals surface area (Å²) < 4.78 is 0. The molecular formula is C15H23IN4S2. The first-order valence-corrected chi connectivity index (χ1v) is 8.68. The van der Waals surface area contributed by atoms with E-state index >= 15 is 0 Å². The second-order valence-electron chi connectivity index (χ2n) is 4.93. The second-order valence-corrected chi connectivity index (χ2v) is 6.69. The summed E-state index contributed by atoms with van der Waals surface area (Å²) in [6.45, 7) is 1.63. The molecule has 0 amide bonds. The summed E-state index contributed by atoms with van der Waals surface area (Å²) in [6, 6.07) is 6.75. The molecule has 122 valence electrons. The Morgan fingerprint density at radius 3 is 2.64 bits per heavy atom. The largest absolute Gasteiger partial charge is 0.354 e. The van der Waals surface area contributed by atoms with Crippen molar-refractivity contribution in [3.05, 3.63) is 44.8 Å². The van der Waals surface area contributed by atoms with Gasteiger partial charge in [-0.05, 0) is 47.9 Å². The lowest BCUT2D eigenvalue weighted by Gasteiger charge is -2.24. The number of thiophene rings is 2. The lowest BCUT2D eigenvalue weighted by atomic mass is 10.2. The van der Waals surface area contributed by atoms with Crippen LogP contribution in [0.15, 0.2) is 39.3 Å². The number of aliphatic imine (C=N–C) groups is 1. The molecule has 4 nitrogen and oxygen atoms in total. The molecule has 0 aliphatic rings. The molecule has 2 aromatic rings. The van der Waals surface area contributed by atoms with Crippen LogP contribution in [-0.2, 0) is 6.54 Å². The van der Waals surface area contributed by atoms with Gasteiger partial charge < -0.3 is 15.5 Å². The predicted octanol–water partition coefficient (Wildman–Crippen LogP) is 3.40. The van der Waals surface area contributed by atoms with Crippen LogP contribution >= 0.6 is 46.7 Å². The molecule has 22 heavy (non-hydrogen) atoms. The van der Waals surface area contributed by atoms with Gasteiger partial charge in [-0.3, -0.25) is 4.99 Å². The van der Waals surface area contributed by atoms with E-state index < -0.39 is 0 Å². The Balaban J connectivity index is 0.00000242. The number of hydrogen-bond donors (Lipinski definition) is 2. The summed E-state index contributed by atoms with van der Waals surface area (Å²) in [4.78, 5) is 7.87. The maximum Gasteiger partial charge on any atom is 0.191 e. The first kappa shape index (κ1) is 19.4. The molecule has 7 heteroatoms. The van der Waals surface area contributed by atoms with Gasteiger partial charge in [0.05, 0.1) is 6.04 Å². The molecule has 0 aliphatic carbocycles. The highest BCUT2D eigenvalue weighted by molar-refractivity contribution is 14.0. The molecule has 2 N–H and O–H groups in total. The fraction of sp³-hybridized carbons (Fsp3) is 0.400. The first-order chi connectivity index (χ1) is 10.2. The van der Waals surface area contributed by atoms with Crippen molar-refractivity contribution in [3.63, 3.8) is 0 Å². The van der Waals surface area contributed by atoms with Gasteiger partial charge in [0.25, 0.3) is 0 Å². The highest BCUT2D eigenvalue weighted by Gasteiger charge is 2.15. The number of rotatable bonds is 6. The van der Waals surface area contributed by atoms with Gasteiger partial charge in [-0.15, -0.1) is 35.3 Å². The second kappa shape index (κ2) is 10.2. The minimum Gasteiger partial charge on any atom is -0.354 e. The van der Waals surface area contributed by atoms with Crippen LogP contribution in [-0.4, -0.2) is 38.5 Å². The number of guanidine groups is 1. The fourth-order valence-corrected chi connectivity index (χ4v) is 3.60. The molecule has 0 saturated carbocycles. The Labute approximate surface area is 157 Å². The van der Waals surface area contributed by atoms with Gasteiger partial charge in [-0.2, -0.15) is 11.3 Å². The number of hydrogen-bond acceptors (Lipinski definition) is 4.